The Hall–Kier alpha value is -0.160. The lowest BCUT2D eigenvalue weighted by molar-refractivity contribution is 0.0766. The Labute approximate surface area is 103 Å². The van der Waals surface area contributed by atoms with Gasteiger partial charge in [0.05, 0.1) is 19.3 Å². The maximum Gasteiger partial charge on any atom is 0.124 e. The van der Waals surface area contributed by atoms with Crippen LogP contribution >= 0.6 is 28.3 Å². The zero-order valence-electron chi connectivity index (χ0n) is 8.00. The Morgan fingerprint density at radius 1 is 1.47 bits per heavy atom. The summed E-state index contributed by atoms with van der Waals surface area (Å²) in [5, 5.41) is 3.32. The first-order valence-electron chi connectivity index (χ1n) is 4.53. The van der Waals surface area contributed by atoms with Gasteiger partial charge in [0, 0.05) is 11.0 Å². The third kappa shape index (κ3) is 3.14. The monoisotopic (exact) mass is 295 g/mol. The van der Waals surface area contributed by atoms with Crippen LogP contribution in [0.25, 0.3) is 0 Å². The summed E-state index contributed by atoms with van der Waals surface area (Å²) >= 11 is 3.35. The van der Waals surface area contributed by atoms with E-state index < -0.39 is 0 Å². The molecule has 1 atom stereocenters. The summed E-state index contributed by atoms with van der Waals surface area (Å²) in [5.41, 5.74) is 1.05. The molecule has 2 rings (SSSR count). The first-order chi connectivity index (χ1) is 6.77. The molecule has 0 radical (unpaired) electrons. The SMILES string of the molecule is Cl.Fc1ccc([C@H]2COCCN2)c(Br)c1. The van der Waals surface area contributed by atoms with Gasteiger partial charge in [0.1, 0.15) is 5.82 Å². The summed E-state index contributed by atoms with van der Waals surface area (Å²) < 4.78 is 19.0. The van der Waals surface area contributed by atoms with Gasteiger partial charge in [-0.25, -0.2) is 4.39 Å². The Bertz CT molecular complexity index is 331. The molecule has 0 spiro atoms. The smallest absolute Gasteiger partial charge is 0.124 e. The average Bonchev–Trinajstić information content (AvgIpc) is 2.19. The number of rotatable bonds is 1. The van der Waals surface area contributed by atoms with Gasteiger partial charge in [-0.15, -0.1) is 12.4 Å². The van der Waals surface area contributed by atoms with Gasteiger partial charge in [0.25, 0.3) is 0 Å². The van der Waals surface area contributed by atoms with Gasteiger partial charge < -0.3 is 10.1 Å². The van der Waals surface area contributed by atoms with E-state index in [2.05, 4.69) is 21.2 Å². The van der Waals surface area contributed by atoms with E-state index in [0.29, 0.717) is 6.61 Å². The Morgan fingerprint density at radius 2 is 2.27 bits per heavy atom. The average molecular weight is 297 g/mol. The fourth-order valence-corrected chi connectivity index (χ4v) is 2.18. The Kier molecular flexibility index (Phi) is 4.99. The topological polar surface area (TPSA) is 21.3 Å². The number of benzene rings is 1. The largest absolute Gasteiger partial charge is 0.378 e. The quantitative estimate of drug-likeness (QED) is 0.860. The second kappa shape index (κ2) is 5.80. The highest BCUT2D eigenvalue weighted by atomic mass is 79.9. The Morgan fingerprint density at radius 3 is 2.87 bits per heavy atom. The standard InChI is InChI=1S/C10H11BrFNO.ClH/c11-9-5-7(12)1-2-8(9)10-6-14-4-3-13-10;/h1-2,5,10,13H,3-4,6H2;1H/t10-;/m1./s1. The summed E-state index contributed by atoms with van der Waals surface area (Å²) in [6.45, 7) is 2.23. The van der Waals surface area contributed by atoms with Crippen molar-refractivity contribution in [3.8, 4) is 0 Å². The van der Waals surface area contributed by atoms with Crippen LogP contribution in [0.4, 0.5) is 4.39 Å². The summed E-state index contributed by atoms with van der Waals surface area (Å²) in [7, 11) is 0. The van der Waals surface area contributed by atoms with Crippen molar-refractivity contribution < 1.29 is 9.13 Å². The predicted molar refractivity (Wildman–Crippen MR) is 62.9 cm³/mol. The summed E-state index contributed by atoms with van der Waals surface area (Å²) in [6, 6.07) is 4.90. The number of morpholine rings is 1. The van der Waals surface area contributed by atoms with Gasteiger partial charge in [-0.1, -0.05) is 22.0 Å². The summed E-state index contributed by atoms with van der Waals surface area (Å²) in [6.07, 6.45) is 0. The van der Waals surface area contributed by atoms with Crippen molar-refractivity contribution in [1.82, 2.24) is 5.32 Å². The zero-order chi connectivity index (χ0) is 9.97. The molecule has 1 aliphatic rings. The molecule has 0 amide bonds. The molecule has 1 aromatic carbocycles. The molecule has 5 heteroatoms. The third-order valence-electron chi connectivity index (χ3n) is 2.26. The number of halogens is 3. The third-order valence-corrected chi connectivity index (χ3v) is 2.95. The van der Waals surface area contributed by atoms with E-state index in [1.54, 1.807) is 6.07 Å². The fraction of sp³-hybridized carbons (Fsp3) is 0.400. The molecular formula is C10H12BrClFNO. The zero-order valence-corrected chi connectivity index (χ0v) is 10.4. The van der Waals surface area contributed by atoms with Gasteiger partial charge in [-0.3, -0.25) is 0 Å². The van der Waals surface area contributed by atoms with Crippen molar-refractivity contribution >= 4 is 28.3 Å². The van der Waals surface area contributed by atoms with Crippen molar-refractivity contribution in [3.05, 3.63) is 34.1 Å². The maximum atomic E-state index is 12.8. The van der Waals surface area contributed by atoms with Crippen molar-refractivity contribution in [2.75, 3.05) is 19.8 Å². The molecule has 0 saturated carbocycles. The molecule has 1 saturated heterocycles. The highest BCUT2D eigenvalue weighted by Gasteiger charge is 2.17. The summed E-state index contributed by atoms with van der Waals surface area (Å²) in [4.78, 5) is 0. The molecule has 1 aliphatic heterocycles. The first-order valence-corrected chi connectivity index (χ1v) is 5.33. The second-order valence-electron chi connectivity index (χ2n) is 3.25. The number of hydrogen-bond donors (Lipinski definition) is 1. The lowest BCUT2D eigenvalue weighted by atomic mass is 10.1. The van der Waals surface area contributed by atoms with Crippen LogP contribution < -0.4 is 5.32 Å². The van der Waals surface area contributed by atoms with Gasteiger partial charge in [0.15, 0.2) is 0 Å². The van der Waals surface area contributed by atoms with E-state index >= 15 is 0 Å². The van der Waals surface area contributed by atoms with Crippen LogP contribution in [-0.2, 0) is 4.74 Å². The molecule has 1 N–H and O–H groups in total. The first kappa shape index (κ1) is 12.9. The van der Waals surface area contributed by atoms with Crippen LogP contribution in [-0.4, -0.2) is 19.8 Å². The lowest BCUT2D eigenvalue weighted by Gasteiger charge is -2.24. The van der Waals surface area contributed by atoms with Crippen LogP contribution in [0.2, 0.25) is 0 Å². The van der Waals surface area contributed by atoms with Crippen molar-refractivity contribution in [2.45, 2.75) is 6.04 Å². The van der Waals surface area contributed by atoms with Gasteiger partial charge in [-0.2, -0.15) is 0 Å². The van der Waals surface area contributed by atoms with Crippen LogP contribution in [0.1, 0.15) is 11.6 Å². The molecule has 15 heavy (non-hydrogen) atoms. The van der Waals surface area contributed by atoms with E-state index in [1.807, 2.05) is 0 Å². The van der Waals surface area contributed by atoms with E-state index in [0.717, 1.165) is 23.2 Å². The van der Waals surface area contributed by atoms with Crippen LogP contribution in [0.5, 0.6) is 0 Å². The van der Waals surface area contributed by atoms with E-state index in [4.69, 9.17) is 4.74 Å². The van der Waals surface area contributed by atoms with Gasteiger partial charge >= 0.3 is 0 Å². The number of ether oxygens (including phenoxy) is 1. The second-order valence-corrected chi connectivity index (χ2v) is 4.10. The highest BCUT2D eigenvalue weighted by molar-refractivity contribution is 9.10. The molecular weight excluding hydrogens is 284 g/mol. The van der Waals surface area contributed by atoms with Gasteiger partial charge in [0.2, 0.25) is 0 Å². The van der Waals surface area contributed by atoms with Crippen molar-refractivity contribution in [2.24, 2.45) is 0 Å². The molecule has 2 nitrogen and oxygen atoms in total. The lowest BCUT2D eigenvalue weighted by Crippen LogP contribution is -2.34. The predicted octanol–water partition coefficient (Wildman–Crippen LogP) is 2.67. The number of hydrogen-bond acceptors (Lipinski definition) is 2. The fourth-order valence-electron chi connectivity index (χ4n) is 1.55. The van der Waals surface area contributed by atoms with Crippen molar-refractivity contribution in [1.29, 1.82) is 0 Å². The molecule has 0 bridgehead atoms. The minimum absolute atomic E-state index is 0. The highest BCUT2D eigenvalue weighted by Crippen LogP contribution is 2.25. The van der Waals surface area contributed by atoms with Crippen LogP contribution in [0.3, 0.4) is 0 Å². The molecule has 1 aromatic rings. The maximum absolute atomic E-state index is 12.8. The molecule has 1 fully saturated rings. The minimum Gasteiger partial charge on any atom is -0.378 e. The summed E-state index contributed by atoms with van der Waals surface area (Å²) in [5.74, 6) is -0.225. The van der Waals surface area contributed by atoms with Gasteiger partial charge in [-0.05, 0) is 17.7 Å². The molecule has 1 heterocycles. The molecule has 84 valence electrons. The van der Waals surface area contributed by atoms with E-state index in [-0.39, 0.29) is 24.3 Å². The molecule has 0 unspecified atom stereocenters. The van der Waals surface area contributed by atoms with Crippen LogP contribution in [0.15, 0.2) is 22.7 Å². The minimum atomic E-state index is -0.225. The molecule has 0 aliphatic carbocycles. The molecule has 0 aromatic heterocycles. The van der Waals surface area contributed by atoms with E-state index in [9.17, 15) is 4.39 Å². The van der Waals surface area contributed by atoms with Crippen molar-refractivity contribution in [3.63, 3.8) is 0 Å². The van der Waals surface area contributed by atoms with Crippen LogP contribution in [0, 0.1) is 5.82 Å². The Balaban J connectivity index is 0.00000112. The van der Waals surface area contributed by atoms with E-state index in [1.165, 1.54) is 12.1 Å². The number of nitrogens with one attached hydrogen (secondary N) is 1. The normalized spacial score (nSPS) is 20.8.